The van der Waals surface area contributed by atoms with E-state index >= 15 is 0 Å². The summed E-state index contributed by atoms with van der Waals surface area (Å²) in [5.74, 6) is -0.466. The van der Waals surface area contributed by atoms with Gasteiger partial charge in [0.25, 0.3) is 0 Å². The number of allylic oxidation sites excluding steroid dienone is 2. The van der Waals surface area contributed by atoms with E-state index in [-0.39, 0.29) is 24.9 Å². The average molecular weight is 820 g/mol. The van der Waals surface area contributed by atoms with Gasteiger partial charge in [0.2, 0.25) is 5.91 Å². The number of aliphatic hydroxyl groups is 2. The molecule has 0 aliphatic rings. The SMILES string of the molecule is CCCCCCCC/C=C/CCCCCCCCCC(=O)OC(CCCCCCCCCC)CC(=O)NC(CO)C(O)CCCCCCCCCCCCCCCC. The van der Waals surface area contributed by atoms with Crippen molar-refractivity contribution in [1.82, 2.24) is 5.32 Å². The number of aliphatic hydroxyl groups excluding tert-OH is 2. The van der Waals surface area contributed by atoms with Gasteiger partial charge in [0.1, 0.15) is 6.10 Å². The Morgan fingerprint density at radius 3 is 1.22 bits per heavy atom. The van der Waals surface area contributed by atoms with Gasteiger partial charge in [0.05, 0.1) is 25.2 Å². The van der Waals surface area contributed by atoms with E-state index < -0.39 is 18.2 Å². The number of hydrogen-bond donors (Lipinski definition) is 3. The Balaban J connectivity index is 4.37. The standard InChI is InChI=1S/C52H101NO5/c1-4-7-10-13-16-19-21-23-25-26-27-29-31-33-36-39-42-45-52(57)58-48(43-40-37-34-18-15-12-9-6-3)46-51(56)53-49(47-54)50(55)44-41-38-35-32-30-28-24-22-20-17-14-11-8-5-2/h23,25,48-50,54-55H,4-22,24,26-47H2,1-3H3,(H,53,56)/b25-23+. The molecule has 0 heterocycles. The van der Waals surface area contributed by atoms with Crippen LogP contribution in [0.4, 0.5) is 0 Å². The minimum absolute atomic E-state index is 0.0819. The van der Waals surface area contributed by atoms with Gasteiger partial charge in [-0.3, -0.25) is 9.59 Å². The van der Waals surface area contributed by atoms with Gasteiger partial charge in [-0.25, -0.2) is 0 Å². The summed E-state index contributed by atoms with van der Waals surface area (Å²) in [6.07, 6.45) is 51.4. The first-order chi connectivity index (χ1) is 28.5. The second-order valence-electron chi connectivity index (χ2n) is 17.9. The number of nitrogens with one attached hydrogen (secondary N) is 1. The van der Waals surface area contributed by atoms with Crippen LogP contribution in [-0.4, -0.2) is 46.9 Å². The fraction of sp³-hybridized carbons (Fsp3) is 0.923. The predicted molar refractivity (Wildman–Crippen MR) is 250 cm³/mol. The molecule has 0 aromatic carbocycles. The number of esters is 1. The molecule has 0 aromatic heterocycles. The highest BCUT2D eigenvalue weighted by Gasteiger charge is 2.24. The summed E-state index contributed by atoms with van der Waals surface area (Å²) in [5.41, 5.74) is 0. The smallest absolute Gasteiger partial charge is 0.306 e. The van der Waals surface area contributed by atoms with E-state index in [0.717, 1.165) is 44.9 Å². The Bertz CT molecular complexity index is 878. The molecule has 6 heteroatoms. The van der Waals surface area contributed by atoms with E-state index in [2.05, 4.69) is 38.2 Å². The van der Waals surface area contributed by atoms with E-state index in [0.29, 0.717) is 19.3 Å². The molecular weight excluding hydrogens is 719 g/mol. The van der Waals surface area contributed by atoms with Crippen LogP contribution in [0.5, 0.6) is 0 Å². The van der Waals surface area contributed by atoms with Crippen molar-refractivity contribution >= 4 is 11.9 Å². The molecule has 0 saturated heterocycles. The Hall–Kier alpha value is -1.40. The number of amides is 1. The molecule has 58 heavy (non-hydrogen) atoms. The normalized spacial score (nSPS) is 13.3. The summed E-state index contributed by atoms with van der Waals surface area (Å²) in [6, 6.07) is -0.694. The van der Waals surface area contributed by atoms with Crippen LogP contribution in [0, 0.1) is 0 Å². The fourth-order valence-electron chi connectivity index (χ4n) is 8.13. The van der Waals surface area contributed by atoms with Crippen LogP contribution in [-0.2, 0) is 14.3 Å². The van der Waals surface area contributed by atoms with Crippen molar-refractivity contribution in [2.24, 2.45) is 0 Å². The second-order valence-corrected chi connectivity index (χ2v) is 17.9. The number of carbonyl (C=O) groups excluding carboxylic acids is 2. The Morgan fingerprint density at radius 1 is 0.483 bits per heavy atom. The fourth-order valence-corrected chi connectivity index (χ4v) is 8.13. The average Bonchev–Trinajstić information content (AvgIpc) is 3.22. The lowest BCUT2D eigenvalue weighted by Crippen LogP contribution is -2.46. The van der Waals surface area contributed by atoms with E-state index in [1.54, 1.807) is 0 Å². The molecule has 0 rings (SSSR count). The van der Waals surface area contributed by atoms with Gasteiger partial charge in [0.15, 0.2) is 0 Å². The minimum atomic E-state index is -0.781. The highest BCUT2D eigenvalue weighted by atomic mass is 16.5. The molecule has 344 valence electrons. The van der Waals surface area contributed by atoms with Crippen molar-refractivity contribution < 1.29 is 24.5 Å². The van der Waals surface area contributed by atoms with Crippen LogP contribution >= 0.6 is 0 Å². The molecule has 3 N–H and O–H groups in total. The molecule has 0 radical (unpaired) electrons. The number of rotatable bonds is 47. The highest BCUT2D eigenvalue weighted by Crippen LogP contribution is 2.18. The Kier molecular flexibility index (Phi) is 45.5. The van der Waals surface area contributed by atoms with Gasteiger partial charge < -0.3 is 20.3 Å². The van der Waals surface area contributed by atoms with Crippen LogP contribution in [0.25, 0.3) is 0 Å². The van der Waals surface area contributed by atoms with Crippen LogP contribution < -0.4 is 5.32 Å². The topological polar surface area (TPSA) is 95.9 Å². The zero-order valence-electron chi connectivity index (χ0n) is 39.2. The van der Waals surface area contributed by atoms with Crippen molar-refractivity contribution in [3.8, 4) is 0 Å². The molecule has 1 amide bonds. The van der Waals surface area contributed by atoms with E-state index in [1.807, 2.05) is 0 Å². The summed E-state index contributed by atoms with van der Waals surface area (Å²) >= 11 is 0. The monoisotopic (exact) mass is 820 g/mol. The summed E-state index contributed by atoms with van der Waals surface area (Å²) < 4.78 is 5.91. The zero-order chi connectivity index (χ0) is 42.4. The maximum absolute atomic E-state index is 13.1. The summed E-state index contributed by atoms with van der Waals surface area (Å²) in [7, 11) is 0. The lowest BCUT2D eigenvalue weighted by molar-refractivity contribution is -0.151. The lowest BCUT2D eigenvalue weighted by atomic mass is 10.0. The van der Waals surface area contributed by atoms with Crippen molar-refractivity contribution in [2.75, 3.05) is 6.61 Å². The van der Waals surface area contributed by atoms with Crippen LogP contribution in [0.3, 0.4) is 0 Å². The molecule has 0 aliphatic heterocycles. The minimum Gasteiger partial charge on any atom is -0.462 e. The van der Waals surface area contributed by atoms with Crippen molar-refractivity contribution in [1.29, 1.82) is 0 Å². The van der Waals surface area contributed by atoms with Crippen molar-refractivity contribution in [3.05, 3.63) is 12.2 Å². The molecule has 0 aromatic rings. The third kappa shape index (κ3) is 41.3. The van der Waals surface area contributed by atoms with Gasteiger partial charge in [-0.2, -0.15) is 0 Å². The van der Waals surface area contributed by atoms with Gasteiger partial charge in [0, 0.05) is 6.42 Å². The predicted octanol–water partition coefficient (Wildman–Crippen LogP) is 15.3. The van der Waals surface area contributed by atoms with Gasteiger partial charge in [-0.05, 0) is 51.4 Å². The van der Waals surface area contributed by atoms with Crippen molar-refractivity contribution in [3.63, 3.8) is 0 Å². The molecular formula is C52H101NO5. The second kappa shape index (κ2) is 46.7. The number of carbonyl (C=O) groups is 2. The van der Waals surface area contributed by atoms with Gasteiger partial charge in [-0.15, -0.1) is 0 Å². The van der Waals surface area contributed by atoms with Crippen molar-refractivity contribution in [2.45, 2.75) is 302 Å². The maximum Gasteiger partial charge on any atom is 0.306 e. The molecule has 3 atom stereocenters. The van der Waals surface area contributed by atoms with Crippen LogP contribution in [0.2, 0.25) is 0 Å². The first kappa shape index (κ1) is 56.6. The molecule has 6 nitrogen and oxygen atoms in total. The first-order valence-electron chi connectivity index (χ1n) is 25.9. The molecule has 3 unspecified atom stereocenters. The maximum atomic E-state index is 13.1. The summed E-state index contributed by atoms with van der Waals surface area (Å²) in [6.45, 7) is 6.48. The van der Waals surface area contributed by atoms with E-state index in [4.69, 9.17) is 4.74 Å². The molecule has 0 bridgehead atoms. The number of ether oxygens (including phenoxy) is 1. The highest BCUT2D eigenvalue weighted by molar-refractivity contribution is 5.77. The quantitative estimate of drug-likeness (QED) is 0.0323. The van der Waals surface area contributed by atoms with E-state index in [9.17, 15) is 19.8 Å². The molecule has 0 saturated carbocycles. The summed E-state index contributed by atoms with van der Waals surface area (Å²) in [4.78, 5) is 26.0. The zero-order valence-corrected chi connectivity index (χ0v) is 39.2. The number of hydrogen-bond acceptors (Lipinski definition) is 5. The Labute approximate surface area is 361 Å². The largest absolute Gasteiger partial charge is 0.462 e. The third-order valence-electron chi connectivity index (χ3n) is 12.1. The van der Waals surface area contributed by atoms with Gasteiger partial charge in [-0.1, -0.05) is 232 Å². The van der Waals surface area contributed by atoms with Crippen LogP contribution in [0.15, 0.2) is 12.2 Å². The molecule has 0 aliphatic carbocycles. The lowest BCUT2D eigenvalue weighted by Gasteiger charge is -2.24. The van der Waals surface area contributed by atoms with Crippen LogP contribution in [0.1, 0.15) is 284 Å². The summed E-state index contributed by atoms with van der Waals surface area (Å²) in [5, 5.41) is 23.7. The molecule has 0 spiro atoms. The third-order valence-corrected chi connectivity index (χ3v) is 12.1. The van der Waals surface area contributed by atoms with E-state index in [1.165, 1.54) is 193 Å². The number of unbranched alkanes of at least 4 members (excludes halogenated alkanes) is 33. The molecule has 0 fully saturated rings. The van der Waals surface area contributed by atoms with Gasteiger partial charge >= 0.3 is 5.97 Å². The first-order valence-corrected chi connectivity index (χ1v) is 25.9. The Morgan fingerprint density at radius 2 is 0.828 bits per heavy atom.